The second kappa shape index (κ2) is 4.39. The summed E-state index contributed by atoms with van der Waals surface area (Å²) in [6.07, 6.45) is 4.11. The maximum absolute atomic E-state index is 11.9. The highest BCUT2D eigenvalue weighted by Crippen LogP contribution is 2.51. The Morgan fingerprint density at radius 2 is 2.18 bits per heavy atom. The fourth-order valence-electron chi connectivity index (χ4n) is 2.73. The summed E-state index contributed by atoms with van der Waals surface area (Å²) in [6.45, 7) is 0. The predicted octanol–water partition coefficient (Wildman–Crippen LogP) is 1.18. The lowest BCUT2D eigenvalue weighted by molar-refractivity contribution is -0.154. The predicted molar refractivity (Wildman–Crippen MR) is 57.9 cm³/mol. The van der Waals surface area contributed by atoms with Gasteiger partial charge in [-0.05, 0) is 19.3 Å². The molecule has 0 amide bonds. The third-order valence-electron chi connectivity index (χ3n) is 3.56. The molecule has 0 aromatic carbocycles. The van der Waals surface area contributed by atoms with Crippen LogP contribution in [0.2, 0.25) is 0 Å². The Labute approximate surface area is 99.7 Å². The van der Waals surface area contributed by atoms with Crippen LogP contribution in [-0.4, -0.2) is 32.3 Å². The molecule has 0 spiro atoms. The molecule has 0 bridgehead atoms. The first-order valence-corrected chi connectivity index (χ1v) is 5.66. The summed E-state index contributed by atoms with van der Waals surface area (Å²) in [4.78, 5) is 23.0. The molecule has 0 N–H and O–H groups in total. The SMILES string of the molecule is COC(=O)/C=C1/C[C@]2(C(=O)OC)CCC[C@@H]2O1. The maximum Gasteiger partial charge on any atom is 0.333 e. The van der Waals surface area contributed by atoms with E-state index in [9.17, 15) is 9.59 Å². The quantitative estimate of drug-likeness (QED) is 0.535. The lowest BCUT2D eigenvalue weighted by Gasteiger charge is -2.22. The van der Waals surface area contributed by atoms with Gasteiger partial charge in [-0.25, -0.2) is 4.79 Å². The van der Waals surface area contributed by atoms with Gasteiger partial charge in [-0.15, -0.1) is 0 Å². The fourth-order valence-corrected chi connectivity index (χ4v) is 2.73. The molecule has 1 saturated carbocycles. The Bertz CT molecular complexity index is 373. The van der Waals surface area contributed by atoms with E-state index in [-0.39, 0.29) is 12.1 Å². The highest BCUT2D eigenvalue weighted by atomic mass is 16.5. The lowest BCUT2D eigenvalue weighted by Crippen LogP contribution is -2.35. The van der Waals surface area contributed by atoms with Gasteiger partial charge in [-0.3, -0.25) is 4.79 Å². The Balaban J connectivity index is 2.20. The summed E-state index contributed by atoms with van der Waals surface area (Å²) in [5.41, 5.74) is -0.589. The minimum atomic E-state index is -0.589. The third kappa shape index (κ3) is 1.90. The molecule has 0 radical (unpaired) electrons. The van der Waals surface area contributed by atoms with E-state index in [2.05, 4.69) is 4.74 Å². The zero-order valence-corrected chi connectivity index (χ0v) is 10.0. The molecule has 2 atom stereocenters. The highest BCUT2D eigenvalue weighted by Gasteiger charge is 2.56. The standard InChI is InChI=1S/C12H16O5/c1-15-10(13)6-8-7-12(11(14)16-2)5-3-4-9(12)17-8/h6,9H,3-5,7H2,1-2H3/b8-6-/t9-,12+/m0/s1. The fraction of sp³-hybridized carbons (Fsp3) is 0.667. The van der Waals surface area contributed by atoms with Gasteiger partial charge in [0.15, 0.2) is 0 Å². The van der Waals surface area contributed by atoms with Crippen LogP contribution >= 0.6 is 0 Å². The molecule has 2 aliphatic rings. The topological polar surface area (TPSA) is 61.8 Å². The molecule has 0 unspecified atom stereocenters. The van der Waals surface area contributed by atoms with Crippen LogP contribution in [0.3, 0.4) is 0 Å². The average molecular weight is 240 g/mol. The van der Waals surface area contributed by atoms with Gasteiger partial charge in [0.2, 0.25) is 0 Å². The van der Waals surface area contributed by atoms with Crippen LogP contribution < -0.4 is 0 Å². The average Bonchev–Trinajstić information content (AvgIpc) is 2.84. The second-order valence-electron chi connectivity index (χ2n) is 4.46. The zero-order chi connectivity index (χ0) is 12.5. The third-order valence-corrected chi connectivity index (χ3v) is 3.56. The van der Waals surface area contributed by atoms with Gasteiger partial charge in [0.1, 0.15) is 17.3 Å². The van der Waals surface area contributed by atoms with Crippen LogP contribution in [0.25, 0.3) is 0 Å². The van der Waals surface area contributed by atoms with Crippen molar-refractivity contribution in [3.05, 3.63) is 11.8 Å². The van der Waals surface area contributed by atoms with E-state index in [1.807, 2.05) is 0 Å². The van der Waals surface area contributed by atoms with Crippen LogP contribution in [0.15, 0.2) is 11.8 Å². The van der Waals surface area contributed by atoms with E-state index in [1.54, 1.807) is 0 Å². The van der Waals surface area contributed by atoms with Crippen LogP contribution in [0.5, 0.6) is 0 Å². The molecule has 1 aliphatic carbocycles. The number of carbonyl (C=O) groups excluding carboxylic acids is 2. The van der Waals surface area contributed by atoms with Gasteiger partial charge < -0.3 is 14.2 Å². The lowest BCUT2D eigenvalue weighted by atomic mass is 9.82. The van der Waals surface area contributed by atoms with Crippen molar-refractivity contribution < 1.29 is 23.8 Å². The summed E-state index contributed by atoms with van der Waals surface area (Å²) in [7, 11) is 2.69. The van der Waals surface area contributed by atoms with Gasteiger partial charge in [0, 0.05) is 6.42 Å². The van der Waals surface area contributed by atoms with Crippen LogP contribution in [0, 0.1) is 5.41 Å². The number of esters is 2. The van der Waals surface area contributed by atoms with E-state index >= 15 is 0 Å². The first kappa shape index (κ1) is 12.0. The van der Waals surface area contributed by atoms with Crippen LogP contribution in [-0.2, 0) is 23.8 Å². The number of carbonyl (C=O) groups is 2. The summed E-state index contributed by atoms with van der Waals surface area (Å²) < 4.78 is 15.0. The molecule has 0 aromatic rings. The molecule has 2 rings (SSSR count). The molecular formula is C12H16O5. The molecule has 5 heteroatoms. The van der Waals surface area contributed by atoms with Gasteiger partial charge in [0.25, 0.3) is 0 Å². The number of methoxy groups -OCH3 is 2. The van der Waals surface area contributed by atoms with Crippen molar-refractivity contribution in [1.82, 2.24) is 0 Å². The first-order valence-electron chi connectivity index (χ1n) is 5.66. The summed E-state index contributed by atoms with van der Waals surface area (Å²) >= 11 is 0. The van der Waals surface area contributed by atoms with Crippen molar-refractivity contribution in [2.75, 3.05) is 14.2 Å². The van der Waals surface area contributed by atoms with Gasteiger partial charge in [-0.2, -0.15) is 0 Å². The van der Waals surface area contributed by atoms with Crippen molar-refractivity contribution in [2.24, 2.45) is 5.41 Å². The van der Waals surface area contributed by atoms with E-state index in [1.165, 1.54) is 20.3 Å². The van der Waals surface area contributed by atoms with Gasteiger partial charge in [-0.1, -0.05) is 0 Å². The number of hydrogen-bond acceptors (Lipinski definition) is 5. The molecule has 5 nitrogen and oxygen atoms in total. The minimum Gasteiger partial charge on any atom is -0.493 e. The molecule has 1 aliphatic heterocycles. The number of rotatable bonds is 2. The molecule has 94 valence electrons. The monoisotopic (exact) mass is 240 g/mol. The van der Waals surface area contributed by atoms with E-state index in [0.717, 1.165) is 19.3 Å². The molecule has 1 heterocycles. The van der Waals surface area contributed by atoms with E-state index in [0.29, 0.717) is 12.2 Å². The molecular weight excluding hydrogens is 224 g/mol. The highest BCUT2D eigenvalue weighted by molar-refractivity contribution is 5.83. The van der Waals surface area contributed by atoms with Crippen molar-refractivity contribution in [1.29, 1.82) is 0 Å². The Morgan fingerprint density at radius 3 is 2.82 bits per heavy atom. The summed E-state index contributed by atoms with van der Waals surface area (Å²) in [5, 5.41) is 0. The van der Waals surface area contributed by atoms with E-state index < -0.39 is 11.4 Å². The molecule has 17 heavy (non-hydrogen) atoms. The van der Waals surface area contributed by atoms with E-state index in [4.69, 9.17) is 9.47 Å². The summed E-state index contributed by atoms with van der Waals surface area (Å²) in [5.74, 6) is -0.180. The first-order chi connectivity index (χ1) is 8.12. The number of allylic oxidation sites excluding steroid dienone is 1. The molecule has 0 aromatic heterocycles. The largest absolute Gasteiger partial charge is 0.493 e. The van der Waals surface area contributed by atoms with Crippen molar-refractivity contribution in [3.8, 4) is 0 Å². The van der Waals surface area contributed by atoms with Crippen molar-refractivity contribution in [3.63, 3.8) is 0 Å². The Kier molecular flexibility index (Phi) is 3.09. The molecule has 1 saturated heterocycles. The second-order valence-corrected chi connectivity index (χ2v) is 4.46. The van der Waals surface area contributed by atoms with Crippen LogP contribution in [0.1, 0.15) is 25.7 Å². The van der Waals surface area contributed by atoms with Gasteiger partial charge >= 0.3 is 11.9 Å². The molecule has 2 fully saturated rings. The maximum atomic E-state index is 11.9. The summed E-state index contributed by atoms with van der Waals surface area (Å²) in [6, 6.07) is 0. The number of ether oxygens (including phenoxy) is 3. The van der Waals surface area contributed by atoms with Crippen LogP contribution in [0.4, 0.5) is 0 Å². The Hall–Kier alpha value is -1.52. The van der Waals surface area contributed by atoms with Gasteiger partial charge in [0.05, 0.1) is 20.3 Å². The normalized spacial score (nSPS) is 33.1. The number of hydrogen-bond donors (Lipinski definition) is 0. The zero-order valence-electron chi connectivity index (χ0n) is 10.0. The smallest absolute Gasteiger partial charge is 0.333 e. The number of fused-ring (bicyclic) bond motifs is 1. The van der Waals surface area contributed by atoms with Crippen molar-refractivity contribution >= 4 is 11.9 Å². The Morgan fingerprint density at radius 1 is 1.41 bits per heavy atom. The minimum absolute atomic E-state index is 0.161. The van der Waals surface area contributed by atoms with Crippen molar-refractivity contribution in [2.45, 2.75) is 31.8 Å².